The molecule has 0 aromatic heterocycles. The Hall–Kier alpha value is -0.817. The van der Waals surface area contributed by atoms with Crippen LogP contribution in [-0.2, 0) is 19.5 Å². The molecule has 8 N–H and O–H groups in total. The van der Waals surface area contributed by atoms with E-state index < -0.39 is 195 Å². The molecule has 8 bridgehead atoms. The summed E-state index contributed by atoms with van der Waals surface area (Å²) in [4.78, 5) is 0. The average Bonchev–Trinajstić information content (AvgIpc) is 3.92. The van der Waals surface area contributed by atoms with Crippen molar-refractivity contribution in [1.29, 1.82) is 0 Å². The predicted octanol–water partition coefficient (Wildman–Crippen LogP) is 1.77. The van der Waals surface area contributed by atoms with E-state index in [0.29, 0.717) is 0 Å². The third kappa shape index (κ3) is 6.16. The van der Waals surface area contributed by atoms with Crippen molar-refractivity contribution >= 4 is 0 Å². The van der Waals surface area contributed by atoms with Gasteiger partial charge in [0.1, 0.15) is 49.4 Å². The van der Waals surface area contributed by atoms with Crippen LogP contribution in [-0.4, -0.2) is 148 Å². The van der Waals surface area contributed by atoms with Gasteiger partial charge in [0.25, 0.3) is 0 Å². The summed E-state index contributed by atoms with van der Waals surface area (Å²) >= 11 is 0. The number of alkyl halides is 16. The molecule has 4 saturated carbocycles. The van der Waals surface area contributed by atoms with E-state index in [1.165, 1.54) is 0 Å². The monoisotopic (exact) mass is 904 g/mol. The van der Waals surface area contributed by atoms with Crippen molar-refractivity contribution in [2.45, 2.75) is 148 Å². The van der Waals surface area contributed by atoms with Crippen molar-refractivity contribution in [3.63, 3.8) is 0 Å². The minimum Gasteiger partial charge on any atom is -0.286 e. The standard InChI is InChI=1S/C32H40F16N8.Zn/c33-9-1-2(10(34)18(42)17(9)41)26-49-25(1)53-27-3-4(12(36)20(44)19(43)11(3)35)29(50-27)55-31-7-8(16(40)24(48)23(47)15(7)39)32(52-31)56-30-6-5(28(51-30)54-26)13(37)21(45)22(46)14(6)38;/h1-32,49-56H;. The van der Waals surface area contributed by atoms with E-state index in [1.54, 1.807) is 0 Å². The number of halogens is 16. The molecule has 5 aliphatic heterocycles. The molecule has 0 aromatic rings. The fourth-order valence-corrected chi connectivity index (χ4v) is 11.8. The summed E-state index contributed by atoms with van der Waals surface area (Å²) in [7, 11) is 0. The first-order valence-corrected chi connectivity index (χ1v) is 18.8. The van der Waals surface area contributed by atoms with E-state index in [0.717, 1.165) is 0 Å². The minimum absolute atomic E-state index is 0. The summed E-state index contributed by atoms with van der Waals surface area (Å²) in [6.07, 6.45) is -61.1. The minimum atomic E-state index is -3.07. The van der Waals surface area contributed by atoms with E-state index >= 15 is 35.1 Å². The van der Waals surface area contributed by atoms with Gasteiger partial charge in [-0.3, -0.25) is 42.5 Å². The van der Waals surface area contributed by atoms with Gasteiger partial charge in [-0.25, -0.2) is 70.2 Å². The van der Waals surface area contributed by atoms with Crippen molar-refractivity contribution in [2.24, 2.45) is 47.3 Å². The summed E-state index contributed by atoms with van der Waals surface area (Å²) in [6, 6.07) is 0. The Morgan fingerprint density at radius 2 is 0.246 bits per heavy atom. The Labute approximate surface area is 327 Å². The molecule has 9 rings (SSSR count). The Kier molecular flexibility index (Phi) is 11.4. The fourth-order valence-electron chi connectivity index (χ4n) is 11.8. The summed E-state index contributed by atoms with van der Waals surface area (Å²) in [5, 5.41) is 21.0. The molecule has 5 saturated heterocycles. The first-order chi connectivity index (χ1) is 26.4. The SMILES string of the molecule is FC1C(F)C(F)C2C3NC(NC4NC(NC5NC(NC6NC(N3)C3C(F)C(F)C(F)C(F)C63)C3C(F)C(F)C(F)C(F)C53)C3C(F)C(F)C(F)C(F)C43)C2C1F.[Zn]. The maximum absolute atomic E-state index is 15.8. The van der Waals surface area contributed by atoms with E-state index in [9.17, 15) is 35.1 Å². The van der Waals surface area contributed by atoms with Crippen molar-refractivity contribution in [1.82, 2.24) is 42.5 Å². The molecule has 24 unspecified atom stereocenters. The number of hydrogen-bond acceptors (Lipinski definition) is 8. The zero-order chi connectivity index (χ0) is 40.1. The van der Waals surface area contributed by atoms with Gasteiger partial charge in [-0.2, -0.15) is 0 Å². The molecule has 9 fully saturated rings. The second-order valence-corrected chi connectivity index (χ2v) is 16.9. The first kappa shape index (κ1) is 42.9. The number of hydrogen-bond donors (Lipinski definition) is 8. The maximum Gasteiger partial charge on any atom is 0.165 e. The van der Waals surface area contributed by atoms with E-state index in [-0.39, 0.29) is 19.5 Å². The second-order valence-electron chi connectivity index (χ2n) is 16.9. The van der Waals surface area contributed by atoms with E-state index in [1.807, 2.05) is 0 Å². The molecule has 0 radical (unpaired) electrons. The van der Waals surface area contributed by atoms with Crippen molar-refractivity contribution in [2.75, 3.05) is 0 Å². The van der Waals surface area contributed by atoms with Crippen LogP contribution in [0.3, 0.4) is 0 Å². The quantitative estimate of drug-likeness (QED) is 0.138. The zero-order valence-electron chi connectivity index (χ0n) is 29.2. The van der Waals surface area contributed by atoms with Crippen LogP contribution < -0.4 is 42.5 Å². The summed E-state index contributed by atoms with van der Waals surface area (Å²) in [5.74, 6) is -15.4. The molecule has 25 heteroatoms. The van der Waals surface area contributed by atoms with E-state index in [4.69, 9.17) is 0 Å². The second kappa shape index (κ2) is 15.2. The van der Waals surface area contributed by atoms with Crippen LogP contribution in [0.1, 0.15) is 0 Å². The van der Waals surface area contributed by atoms with Crippen LogP contribution in [0.5, 0.6) is 0 Å². The average molecular weight is 906 g/mol. The Morgan fingerprint density at radius 3 is 0.333 bits per heavy atom. The molecule has 57 heavy (non-hydrogen) atoms. The molecule has 24 atom stereocenters. The van der Waals surface area contributed by atoms with Gasteiger partial charge in [-0.15, -0.1) is 0 Å². The summed E-state index contributed by atoms with van der Waals surface area (Å²) < 4.78 is 246. The first-order valence-electron chi connectivity index (χ1n) is 18.8. The van der Waals surface area contributed by atoms with Crippen LogP contribution in [0, 0.1) is 47.3 Å². The largest absolute Gasteiger partial charge is 0.286 e. The predicted molar refractivity (Wildman–Crippen MR) is 162 cm³/mol. The molecule has 4 aliphatic carbocycles. The van der Waals surface area contributed by atoms with Gasteiger partial charge in [0.15, 0.2) is 49.4 Å². The Bertz CT molecular complexity index is 1170. The third-order valence-corrected chi connectivity index (χ3v) is 14.3. The van der Waals surface area contributed by atoms with Crippen molar-refractivity contribution in [3.05, 3.63) is 0 Å². The molecular formula is C32H40F16N8Zn. The molecule has 0 aromatic carbocycles. The Morgan fingerprint density at radius 1 is 0.158 bits per heavy atom. The van der Waals surface area contributed by atoms with Gasteiger partial charge in [-0.05, 0) is 0 Å². The van der Waals surface area contributed by atoms with Gasteiger partial charge in [0, 0.05) is 66.8 Å². The van der Waals surface area contributed by atoms with Crippen LogP contribution in [0.25, 0.3) is 0 Å². The Balaban J connectivity index is 0.00000455. The van der Waals surface area contributed by atoms with Crippen LogP contribution in [0.4, 0.5) is 70.2 Å². The number of rotatable bonds is 0. The molecule has 5 heterocycles. The van der Waals surface area contributed by atoms with Gasteiger partial charge >= 0.3 is 0 Å². The molecule has 0 spiro atoms. The molecule has 322 valence electrons. The van der Waals surface area contributed by atoms with Crippen molar-refractivity contribution < 1.29 is 89.7 Å². The topological polar surface area (TPSA) is 96.2 Å². The van der Waals surface area contributed by atoms with Crippen molar-refractivity contribution in [3.8, 4) is 0 Å². The molecule has 8 nitrogen and oxygen atoms in total. The van der Waals surface area contributed by atoms with Crippen LogP contribution in [0.2, 0.25) is 0 Å². The van der Waals surface area contributed by atoms with Gasteiger partial charge in [-0.1, -0.05) is 0 Å². The van der Waals surface area contributed by atoms with Crippen LogP contribution >= 0.6 is 0 Å². The molecular weight excluding hydrogens is 866 g/mol. The maximum atomic E-state index is 15.8. The smallest absolute Gasteiger partial charge is 0.165 e. The van der Waals surface area contributed by atoms with E-state index in [2.05, 4.69) is 42.5 Å². The molecule has 0 amide bonds. The van der Waals surface area contributed by atoms with Crippen LogP contribution in [0.15, 0.2) is 0 Å². The van der Waals surface area contributed by atoms with Gasteiger partial charge in [0.2, 0.25) is 0 Å². The van der Waals surface area contributed by atoms with Gasteiger partial charge < -0.3 is 0 Å². The third-order valence-electron chi connectivity index (χ3n) is 14.3. The summed E-state index contributed by atoms with van der Waals surface area (Å²) in [6.45, 7) is 0. The normalized spacial score (nSPS) is 64.8. The molecule has 9 aliphatic rings. The zero-order valence-corrected chi connectivity index (χ0v) is 32.2. The fraction of sp³-hybridized carbons (Fsp3) is 1.00. The van der Waals surface area contributed by atoms with Gasteiger partial charge in [0.05, 0.1) is 49.3 Å². The number of nitrogens with one attached hydrogen (secondary N) is 8. The number of fused-ring (bicyclic) bond motifs is 20. The summed E-state index contributed by atoms with van der Waals surface area (Å²) in [5.41, 5.74) is 0.